The number of rotatable bonds is 10. The average Bonchev–Trinajstić information content (AvgIpc) is 3.10. The van der Waals surface area contributed by atoms with Gasteiger partial charge >= 0.3 is 0 Å². The standard InChI is InChI=1S/C21H26ClFN2O3S/c1-15-8-11-29-19(15)13-25(12-17-4-6-18(23)7-5-17)20(26)14-24(9-10-28-3)21(27)16(2)22/h4-8,11,16H,9-10,12-14H2,1-3H3. The zero-order valence-corrected chi connectivity index (χ0v) is 18.4. The summed E-state index contributed by atoms with van der Waals surface area (Å²) in [6.45, 7) is 4.81. The Balaban J connectivity index is 2.20. The quantitative estimate of drug-likeness (QED) is 0.527. The molecule has 2 rings (SSSR count). The topological polar surface area (TPSA) is 49.9 Å². The van der Waals surface area contributed by atoms with Gasteiger partial charge in [0.25, 0.3) is 0 Å². The molecule has 1 unspecified atom stereocenters. The van der Waals surface area contributed by atoms with E-state index in [2.05, 4.69) is 0 Å². The van der Waals surface area contributed by atoms with E-state index in [1.165, 1.54) is 24.1 Å². The van der Waals surface area contributed by atoms with Crippen LogP contribution in [0.25, 0.3) is 0 Å². The predicted molar refractivity (Wildman–Crippen MR) is 113 cm³/mol. The number of halogens is 2. The van der Waals surface area contributed by atoms with Crippen LogP contribution >= 0.6 is 22.9 Å². The van der Waals surface area contributed by atoms with Gasteiger partial charge in [0.2, 0.25) is 11.8 Å². The van der Waals surface area contributed by atoms with Crippen LogP contribution in [0.5, 0.6) is 0 Å². The summed E-state index contributed by atoms with van der Waals surface area (Å²) in [5, 5.41) is 1.25. The molecule has 158 valence electrons. The molecule has 0 aliphatic heterocycles. The number of aryl methyl sites for hydroxylation is 1. The molecule has 29 heavy (non-hydrogen) atoms. The van der Waals surface area contributed by atoms with E-state index < -0.39 is 5.38 Å². The maximum atomic E-state index is 13.2. The Morgan fingerprint density at radius 3 is 2.41 bits per heavy atom. The number of alkyl halides is 1. The molecule has 2 amide bonds. The van der Waals surface area contributed by atoms with E-state index in [-0.39, 0.29) is 30.7 Å². The second kappa shape index (κ2) is 11.3. The molecule has 0 aliphatic rings. The van der Waals surface area contributed by atoms with Crippen molar-refractivity contribution in [1.82, 2.24) is 9.80 Å². The molecule has 0 radical (unpaired) electrons. The zero-order chi connectivity index (χ0) is 21.4. The van der Waals surface area contributed by atoms with E-state index >= 15 is 0 Å². The minimum absolute atomic E-state index is 0.0924. The van der Waals surface area contributed by atoms with Crippen molar-refractivity contribution in [1.29, 1.82) is 0 Å². The van der Waals surface area contributed by atoms with Crippen LogP contribution in [-0.2, 0) is 27.4 Å². The van der Waals surface area contributed by atoms with Gasteiger partial charge in [0.1, 0.15) is 11.2 Å². The molecule has 5 nitrogen and oxygen atoms in total. The highest BCUT2D eigenvalue weighted by Gasteiger charge is 2.24. The van der Waals surface area contributed by atoms with Crippen molar-refractivity contribution in [3.8, 4) is 0 Å². The van der Waals surface area contributed by atoms with Crippen molar-refractivity contribution in [2.45, 2.75) is 32.3 Å². The molecular weight excluding hydrogens is 415 g/mol. The zero-order valence-electron chi connectivity index (χ0n) is 16.9. The third kappa shape index (κ3) is 7.10. The lowest BCUT2D eigenvalue weighted by Gasteiger charge is -2.28. The maximum Gasteiger partial charge on any atom is 0.242 e. The first-order chi connectivity index (χ1) is 13.8. The van der Waals surface area contributed by atoms with Gasteiger partial charge in [0, 0.05) is 25.1 Å². The monoisotopic (exact) mass is 440 g/mol. The van der Waals surface area contributed by atoms with Gasteiger partial charge in [-0.05, 0) is 48.6 Å². The number of nitrogens with zero attached hydrogens (tertiary/aromatic N) is 2. The smallest absolute Gasteiger partial charge is 0.242 e. The van der Waals surface area contributed by atoms with Gasteiger partial charge in [-0.1, -0.05) is 12.1 Å². The van der Waals surface area contributed by atoms with Crippen molar-refractivity contribution in [3.63, 3.8) is 0 Å². The fourth-order valence-electron chi connectivity index (χ4n) is 2.77. The van der Waals surface area contributed by atoms with Crippen molar-refractivity contribution >= 4 is 34.8 Å². The molecule has 1 aromatic heterocycles. The predicted octanol–water partition coefficient (Wildman–Crippen LogP) is 3.83. The van der Waals surface area contributed by atoms with Crippen molar-refractivity contribution in [2.24, 2.45) is 0 Å². The number of hydrogen-bond donors (Lipinski definition) is 0. The lowest BCUT2D eigenvalue weighted by atomic mass is 10.2. The summed E-state index contributed by atoms with van der Waals surface area (Å²) in [6, 6.07) is 8.07. The van der Waals surface area contributed by atoms with Crippen molar-refractivity contribution < 1.29 is 18.7 Å². The molecule has 0 aliphatic carbocycles. The van der Waals surface area contributed by atoms with E-state index in [1.807, 2.05) is 18.4 Å². The van der Waals surface area contributed by atoms with Crippen molar-refractivity contribution in [3.05, 3.63) is 57.5 Å². The SMILES string of the molecule is COCCN(CC(=O)N(Cc1ccc(F)cc1)Cc1sccc1C)C(=O)C(C)Cl. The van der Waals surface area contributed by atoms with E-state index in [1.54, 1.807) is 35.3 Å². The van der Waals surface area contributed by atoms with Crippen LogP contribution in [0.2, 0.25) is 0 Å². The van der Waals surface area contributed by atoms with Crippen LogP contribution in [0.4, 0.5) is 4.39 Å². The summed E-state index contributed by atoms with van der Waals surface area (Å²) in [5.41, 5.74) is 1.92. The first kappa shape index (κ1) is 23.3. The number of hydrogen-bond acceptors (Lipinski definition) is 4. The summed E-state index contributed by atoms with van der Waals surface area (Å²) in [5.74, 6) is -0.844. The number of amides is 2. The third-order valence-corrected chi connectivity index (χ3v) is 5.68. The second-order valence-corrected chi connectivity index (χ2v) is 8.43. The Labute approximate surface area is 180 Å². The fourth-order valence-corrected chi connectivity index (χ4v) is 3.82. The molecule has 0 saturated carbocycles. The van der Waals surface area contributed by atoms with Gasteiger partial charge in [-0.15, -0.1) is 22.9 Å². The third-order valence-electron chi connectivity index (χ3n) is 4.49. The van der Waals surface area contributed by atoms with Gasteiger partial charge in [0.15, 0.2) is 0 Å². The number of benzene rings is 1. The normalized spacial score (nSPS) is 11.9. The lowest BCUT2D eigenvalue weighted by molar-refractivity contribution is -0.141. The molecule has 1 heterocycles. The molecule has 1 atom stereocenters. The van der Waals surface area contributed by atoms with Crippen LogP contribution in [0.3, 0.4) is 0 Å². The van der Waals surface area contributed by atoms with E-state index in [4.69, 9.17) is 16.3 Å². The van der Waals surface area contributed by atoms with Crippen molar-refractivity contribution in [2.75, 3.05) is 26.8 Å². The van der Waals surface area contributed by atoms with E-state index in [0.29, 0.717) is 19.7 Å². The van der Waals surface area contributed by atoms with Crippen LogP contribution in [0.1, 0.15) is 22.9 Å². The summed E-state index contributed by atoms with van der Waals surface area (Å²) in [6.07, 6.45) is 0. The Morgan fingerprint density at radius 1 is 1.17 bits per heavy atom. The van der Waals surface area contributed by atoms with Crippen LogP contribution in [0.15, 0.2) is 35.7 Å². The van der Waals surface area contributed by atoms with E-state index in [9.17, 15) is 14.0 Å². The summed E-state index contributed by atoms with van der Waals surface area (Å²) in [4.78, 5) is 29.7. The first-order valence-corrected chi connectivity index (χ1v) is 10.6. The maximum absolute atomic E-state index is 13.2. The van der Waals surface area contributed by atoms with Crippen LogP contribution in [-0.4, -0.2) is 53.8 Å². The summed E-state index contributed by atoms with van der Waals surface area (Å²) < 4.78 is 18.3. The Hall–Kier alpha value is -1.96. The highest BCUT2D eigenvalue weighted by Crippen LogP contribution is 2.20. The fraction of sp³-hybridized carbons (Fsp3) is 0.429. The van der Waals surface area contributed by atoms with Gasteiger partial charge in [-0.3, -0.25) is 9.59 Å². The Bertz CT molecular complexity index is 811. The number of carbonyl (C=O) groups is 2. The Kier molecular flexibility index (Phi) is 9.07. The molecule has 0 N–H and O–H groups in total. The molecule has 0 spiro atoms. The second-order valence-electron chi connectivity index (χ2n) is 6.77. The number of thiophene rings is 1. The van der Waals surface area contributed by atoms with Crippen LogP contribution < -0.4 is 0 Å². The number of carbonyl (C=O) groups excluding carboxylic acids is 2. The first-order valence-electron chi connectivity index (χ1n) is 9.28. The minimum atomic E-state index is -0.732. The molecule has 2 aromatic rings. The number of methoxy groups -OCH3 is 1. The van der Waals surface area contributed by atoms with Gasteiger partial charge in [-0.25, -0.2) is 4.39 Å². The summed E-state index contributed by atoms with van der Waals surface area (Å²) in [7, 11) is 1.54. The molecular formula is C21H26ClFN2O3S. The highest BCUT2D eigenvalue weighted by molar-refractivity contribution is 7.10. The molecule has 1 aromatic carbocycles. The largest absolute Gasteiger partial charge is 0.383 e. The molecule has 0 fully saturated rings. The molecule has 0 saturated heterocycles. The lowest BCUT2D eigenvalue weighted by Crippen LogP contribution is -2.45. The van der Waals surface area contributed by atoms with Gasteiger partial charge in [-0.2, -0.15) is 0 Å². The minimum Gasteiger partial charge on any atom is -0.383 e. The number of ether oxygens (including phenoxy) is 1. The summed E-state index contributed by atoms with van der Waals surface area (Å²) >= 11 is 7.53. The van der Waals surface area contributed by atoms with Gasteiger partial charge in [0.05, 0.1) is 19.7 Å². The molecule has 8 heteroatoms. The Morgan fingerprint density at radius 2 is 1.86 bits per heavy atom. The average molecular weight is 441 g/mol. The molecule has 0 bridgehead atoms. The highest BCUT2D eigenvalue weighted by atomic mass is 35.5. The van der Waals surface area contributed by atoms with Crippen LogP contribution in [0, 0.1) is 12.7 Å². The van der Waals surface area contributed by atoms with Gasteiger partial charge < -0.3 is 14.5 Å². The van der Waals surface area contributed by atoms with E-state index in [0.717, 1.165) is 16.0 Å².